The minimum Gasteiger partial charge on any atom is -0.542 e. The van der Waals surface area contributed by atoms with Gasteiger partial charge in [0.2, 0.25) is 5.91 Å². The molecule has 68 valence electrons. The summed E-state index contributed by atoms with van der Waals surface area (Å²) in [5, 5.41) is 0. The quantitative estimate of drug-likeness (QED) is 0.505. The second-order valence-corrected chi connectivity index (χ2v) is 4.89. The number of nitrogens with two attached hydrogens (primary N) is 1. The van der Waals surface area contributed by atoms with Crippen molar-refractivity contribution in [3.8, 4) is 5.75 Å². The molecule has 0 aliphatic heterocycles. The summed E-state index contributed by atoms with van der Waals surface area (Å²) in [6.07, 6.45) is 0. The molecule has 0 saturated heterocycles. The van der Waals surface area contributed by atoms with Crippen LogP contribution in [0, 0.1) is 0 Å². The van der Waals surface area contributed by atoms with Crippen LogP contribution in [0.2, 0.25) is 0 Å². The molecule has 0 radical (unpaired) electrons. The van der Waals surface area contributed by atoms with Crippen molar-refractivity contribution in [2.45, 2.75) is 0 Å². The summed E-state index contributed by atoms with van der Waals surface area (Å²) in [7, 11) is 0. The molecule has 0 bridgehead atoms. The lowest BCUT2D eigenvalue weighted by molar-refractivity contribution is 0.1000. The maximum atomic E-state index is 10.8. The minimum atomic E-state index is -0.463. The molecule has 0 atom stereocenters. The predicted molar refractivity (Wildman–Crippen MR) is 64.3 cm³/mol. The Hall–Kier alpha value is -0.365. The van der Waals surface area contributed by atoms with E-state index < -0.39 is 5.91 Å². The minimum absolute atomic E-state index is 0.235. The highest BCUT2D eigenvalue weighted by Gasteiger charge is 2.07. The van der Waals surface area contributed by atoms with Gasteiger partial charge in [-0.1, -0.05) is 28.4 Å². The van der Waals surface area contributed by atoms with Crippen LogP contribution in [-0.2, 0) is 0 Å². The fraction of sp³-hybridized carbons (Fsp3) is 0. The highest BCUT2D eigenvalue weighted by Crippen LogP contribution is 2.16. The van der Waals surface area contributed by atoms with Crippen molar-refractivity contribution < 1.29 is 9.45 Å². The number of carbonyl (C=O) groups excluding carboxylic acids is 1. The first-order valence-corrected chi connectivity index (χ1v) is 5.24. The van der Waals surface area contributed by atoms with Crippen LogP contribution in [0.1, 0.15) is 10.4 Å². The zero-order valence-corrected chi connectivity index (χ0v) is 9.66. The average Bonchev–Trinajstić information content (AvgIpc) is 2.03. The summed E-state index contributed by atoms with van der Waals surface area (Å²) in [6, 6.07) is 6.68. The fourth-order valence-corrected chi connectivity index (χ4v) is 1.25. The molecule has 1 aromatic carbocycles. The fourth-order valence-electron chi connectivity index (χ4n) is 0.835. The summed E-state index contributed by atoms with van der Waals surface area (Å²) < 4.78 is 5.01. The highest BCUT2D eigenvalue weighted by atomic mass is 127. The SMILES string of the molecule is NC(=O)c1cccc(OB(S)I)c1. The Balaban J connectivity index is 2.85. The second-order valence-electron chi connectivity index (χ2n) is 2.30. The number of thiol groups is 1. The van der Waals surface area contributed by atoms with Gasteiger partial charge in [0.25, 0.3) is 0 Å². The van der Waals surface area contributed by atoms with Crippen molar-refractivity contribution in [2.24, 2.45) is 5.73 Å². The van der Waals surface area contributed by atoms with Crippen LogP contribution in [0.25, 0.3) is 0 Å². The number of hydrogen-bond donors (Lipinski definition) is 2. The van der Waals surface area contributed by atoms with Crippen molar-refractivity contribution in [1.82, 2.24) is 0 Å². The van der Waals surface area contributed by atoms with Crippen LogP contribution in [0.15, 0.2) is 24.3 Å². The molecule has 2 N–H and O–H groups in total. The number of benzene rings is 1. The van der Waals surface area contributed by atoms with Crippen molar-refractivity contribution in [3.05, 3.63) is 29.8 Å². The molecule has 0 aromatic heterocycles. The average molecular weight is 307 g/mol. The molecule has 0 unspecified atom stereocenters. The second kappa shape index (κ2) is 4.76. The van der Waals surface area contributed by atoms with Crippen LogP contribution >= 0.6 is 34.9 Å². The van der Waals surface area contributed by atoms with E-state index in [0.717, 1.165) is 0 Å². The van der Waals surface area contributed by atoms with Crippen LogP contribution in [0.4, 0.5) is 0 Å². The zero-order valence-electron chi connectivity index (χ0n) is 6.61. The van der Waals surface area contributed by atoms with E-state index in [2.05, 4.69) is 12.5 Å². The Bertz CT molecular complexity index is 321. The van der Waals surface area contributed by atoms with Crippen LogP contribution in [0.5, 0.6) is 5.75 Å². The molecule has 0 aliphatic carbocycles. The number of hydrogen-bond acceptors (Lipinski definition) is 3. The number of halogens is 1. The highest BCUT2D eigenvalue weighted by molar-refractivity contribution is 14.1. The van der Waals surface area contributed by atoms with E-state index in [1.807, 2.05) is 22.4 Å². The number of carbonyl (C=O) groups is 1. The largest absolute Gasteiger partial charge is 0.542 e. The lowest BCUT2D eigenvalue weighted by Crippen LogP contribution is -2.11. The van der Waals surface area contributed by atoms with Crippen LogP contribution < -0.4 is 10.4 Å². The molecule has 13 heavy (non-hydrogen) atoms. The van der Waals surface area contributed by atoms with E-state index in [4.69, 9.17) is 10.4 Å². The molecule has 6 heteroatoms. The van der Waals surface area contributed by atoms with E-state index >= 15 is 0 Å². The van der Waals surface area contributed by atoms with Gasteiger partial charge in [0, 0.05) is 5.56 Å². The molecule has 1 amide bonds. The summed E-state index contributed by atoms with van der Waals surface area (Å²) in [5.41, 5.74) is 5.53. The summed E-state index contributed by atoms with van der Waals surface area (Å²) >= 11 is 6.04. The molecular formula is C7H7BINO2S. The first-order valence-electron chi connectivity index (χ1n) is 3.48. The maximum absolute atomic E-state index is 10.8. The molecule has 0 saturated carbocycles. The Kier molecular flexibility index (Phi) is 3.92. The van der Waals surface area contributed by atoms with E-state index in [9.17, 15) is 4.79 Å². The molecule has 0 spiro atoms. The van der Waals surface area contributed by atoms with Crippen molar-refractivity contribution in [2.75, 3.05) is 0 Å². The third-order valence-corrected chi connectivity index (χ3v) is 1.71. The number of rotatable bonds is 3. The Morgan fingerprint density at radius 2 is 2.31 bits per heavy atom. The van der Waals surface area contributed by atoms with Gasteiger partial charge in [-0.2, -0.15) is 12.5 Å². The molecule has 1 rings (SSSR count). The van der Waals surface area contributed by atoms with Gasteiger partial charge >= 0.3 is 4.05 Å². The maximum Gasteiger partial charge on any atom is 0.496 e. The molecule has 0 aliphatic rings. The smallest absolute Gasteiger partial charge is 0.496 e. The first kappa shape index (κ1) is 10.7. The van der Waals surface area contributed by atoms with Gasteiger partial charge < -0.3 is 10.4 Å². The van der Waals surface area contributed by atoms with Crippen molar-refractivity contribution in [3.63, 3.8) is 0 Å². The van der Waals surface area contributed by atoms with Crippen molar-refractivity contribution >= 4 is 44.8 Å². The standard InChI is InChI=1S/C7H7BINO2S/c9-8(13)12-6-3-1-2-5(4-6)7(10)11/h1-4,13H,(H2,10,11). The zero-order chi connectivity index (χ0) is 9.84. The van der Waals surface area contributed by atoms with E-state index in [-0.39, 0.29) is 4.05 Å². The van der Waals surface area contributed by atoms with E-state index in [0.29, 0.717) is 11.3 Å². The topological polar surface area (TPSA) is 52.3 Å². The van der Waals surface area contributed by atoms with Crippen molar-refractivity contribution in [1.29, 1.82) is 0 Å². The first-order chi connectivity index (χ1) is 6.09. The monoisotopic (exact) mass is 307 g/mol. The van der Waals surface area contributed by atoms with Gasteiger partial charge in [0.05, 0.1) is 0 Å². The van der Waals surface area contributed by atoms with Gasteiger partial charge in [-0.25, -0.2) is 0 Å². The van der Waals surface area contributed by atoms with Gasteiger partial charge in [0.15, 0.2) is 0 Å². The molecule has 3 nitrogen and oxygen atoms in total. The summed E-state index contributed by atoms with van der Waals surface area (Å²) in [4.78, 5) is 10.8. The number of primary amides is 1. The van der Waals surface area contributed by atoms with Gasteiger partial charge in [-0.15, -0.1) is 0 Å². The third-order valence-electron chi connectivity index (χ3n) is 1.35. The lowest BCUT2D eigenvalue weighted by Gasteiger charge is -2.05. The van der Waals surface area contributed by atoms with E-state index in [1.165, 1.54) is 0 Å². The third kappa shape index (κ3) is 3.47. The molecule has 0 fully saturated rings. The Labute approximate surface area is 95.3 Å². The van der Waals surface area contributed by atoms with Gasteiger partial charge in [-0.05, 0) is 18.2 Å². The van der Waals surface area contributed by atoms with Gasteiger partial charge in [-0.3, -0.25) is 4.79 Å². The molecule has 1 aromatic rings. The molecule has 0 heterocycles. The number of amides is 1. The van der Waals surface area contributed by atoms with Crippen LogP contribution in [0.3, 0.4) is 0 Å². The lowest BCUT2D eigenvalue weighted by atomic mass is 10.2. The predicted octanol–water partition coefficient (Wildman–Crippen LogP) is 1.51. The van der Waals surface area contributed by atoms with Crippen LogP contribution in [-0.4, -0.2) is 9.96 Å². The Morgan fingerprint density at radius 1 is 1.62 bits per heavy atom. The Morgan fingerprint density at radius 3 is 2.85 bits per heavy atom. The summed E-state index contributed by atoms with van der Waals surface area (Å²) in [5.74, 6) is 0.125. The molecular weight excluding hydrogens is 300 g/mol. The summed E-state index contributed by atoms with van der Waals surface area (Å²) in [6.45, 7) is 0. The van der Waals surface area contributed by atoms with E-state index in [1.54, 1.807) is 24.3 Å². The normalized spacial score (nSPS) is 9.38. The van der Waals surface area contributed by atoms with Gasteiger partial charge in [0.1, 0.15) is 5.75 Å².